The monoisotopic (exact) mass is 440 g/mol. The third-order valence-corrected chi connectivity index (χ3v) is 8.47. The van der Waals surface area contributed by atoms with Gasteiger partial charge >= 0.3 is 0 Å². The Morgan fingerprint density at radius 1 is 1.20 bits per heavy atom. The predicted octanol–water partition coefficient (Wildman–Crippen LogP) is 4.29. The van der Waals surface area contributed by atoms with Crippen molar-refractivity contribution in [1.29, 1.82) is 0 Å². The van der Waals surface area contributed by atoms with E-state index in [1.54, 1.807) is 0 Å². The van der Waals surface area contributed by atoms with Gasteiger partial charge in [-0.05, 0) is 68.1 Å². The summed E-state index contributed by atoms with van der Waals surface area (Å²) >= 11 is 2.78. The molecular formula is C22H24N4O2S2. The van der Waals surface area contributed by atoms with E-state index in [4.69, 9.17) is 16.5 Å². The molecule has 3 aromatic rings. The maximum absolute atomic E-state index is 13.1. The average molecular weight is 441 g/mol. The van der Waals surface area contributed by atoms with Gasteiger partial charge in [-0.3, -0.25) is 9.59 Å². The number of aromatic nitrogens is 1. The van der Waals surface area contributed by atoms with Crippen LogP contribution in [0, 0.1) is 5.92 Å². The second-order valence-corrected chi connectivity index (χ2v) is 10.5. The number of nitrogens with one attached hydrogen (secondary N) is 1. The van der Waals surface area contributed by atoms with Crippen molar-refractivity contribution in [2.45, 2.75) is 51.9 Å². The molecule has 3 aromatic heterocycles. The number of anilines is 2. The minimum atomic E-state index is -0.490. The number of carbonyl (C=O) groups excluding carboxylic acids is 2. The van der Waals surface area contributed by atoms with Gasteiger partial charge < -0.3 is 16.8 Å². The number of rotatable bonds is 3. The Bertz CT molecular complexity index is 1190. The van der Waals surface area contributed by atoms with Gasteiger partial charge in [-0.25, -0.2) is 4.98 Å². The highest BCUT2D eigenvalue weighted by Gasteiger charge is 2.28. The molecule has 0 aliphatic heterocycles. The van der Waals surface area contributed by atoms with Crippen LogP contribution in [0.1, 0.15) is 67.9 Å². The molecule has 2 aliphatic carbocycles. The van der Waals surface area contributed by atoms with Crippen molar-refractivity contribution in [2.24, 2.45) is 11.7 Å². The van der Waals surface area contributed by atoms with E-state index in [1.165, 1.54) is 28.2 Å². The summed E-state index contributed by atoms with van der Waals surface area (Å²) in [4.78, 5) is 32.4. The zero-order valence-electron chi connectivity index (χ0n) is 16.8. The summed E-state index contributed by atoms with van der Waals surface area (Å²) in [6, 6.07) is 2.10. The van der Waals surface area contributed by atoms with Gasteiger partial charge in [0.2, 0.25) is 0 Å². The lowest BCUT2D eigenvalue weighted by Crippen LogP contribution is -2.19. The van der Waals surface area contributed by atoms with Crippen LogP contribution in [0.15, 0.2) is 6.07 Å². The number of nitrogens with two attached hydrogens (primary N) is 2. The molecule has 1 unspecified atom stereocenters. The highest BCUT2D eigenvalue weighted by Crippen LogP contribution is 2.41. The van der Waals surface area contributed by atoms with Crippen LogP contribution in [0.4, 0.5) is 10.7 Å². The molecule has 30 heavy (non-hydrogen) atoms. The first kappa shape index (κ1) is 19.5. The molecule has 0 saturated heterocycles. The molecule has 0 saturated carbocycles. The molecular weight excluding hydrogens is 416 g/mol. The first-order valence-electron chi connectivity index (χ1n) is 10.4. The fraction of sp³-hybridized carbons (Fsp3) is 0.409. The Balaban J connectivity index is 1.51. The van der Waals surface area contributed by atoms with Crippen molar-refractivity contribution < 1.29 is 9.59 Å². The summed E-state index contributed by atoms with van der Waals surface area (Å²) in [6.07, 6.45) is 7.06. The van der Waals surface area contributed by atoms with Gasteiger partial charge in [0.1, 0.15) is 14.7 Å². The zero-order valence-corrected chi connectivity index (χ0v) is 18.5. The highest BCUT2D eigenvalue weighted by molar-refractivity contribution is 7.21. The normalized spacial score (nSPS) is 18.1. The average Bonchev–Trinajstić information content (AvgIpc) is 3.23. The second-order valence-electron chi connectivity index (χ2n) is 8.37. The van der Waals surface area contributed by atoms with E-state index in [0.717, 1.165) is 71.3 Å². The molecule has 0 spiro atoms. The summed E-state index contributed by atoms with van der Waals surface area (Å²) in [5.74, 6) is -0.227. The molecule has 5 N–H and O–H groups in total. The molecule has 3 heterocycles. The number of aryl methyl sites for hydroxylation is 2. The number of thiophene rings is 2. The Labute approximate surface area is 182 Å². The van der Waals surface area contributed by atoms with Crippen molar-refractivity contribution in [3.05, 3.63) is 38.2 Å². The zero-order chi connectivity index (χ0) is 21.0. The van der Waals surface area contributed by atoms with Crippen molar-refractivity contribution in [3.8, 4) is 0 Å². The van der Waals surface area contributed by atoms with Gasteiger partial charge in [-0.1, -0.05) is 6.92 Å². The molecule has 0 radical (unpaired) electrons. The third kappa shape index (κ3) is 3.18. The van der Waals surface area contributed by atoms with Crippen LogP contribution in [0.25, 0.3) is 10.2 Å². The van der Waals surface area contributed by atoms with E-state index >= 15 is 0 Å². The van der Waals surface area contributed by atoms with Crippen LogP contribution in [0.3, 0.4) is 0 Å². The van der Waals surface area contributed by atoms with E-state index in [2.05, 4.69) is 18.3 Å². The lowest BCUT2D eigenvalue weighted by molar-refractivity contribution is 0.1000. The van der Waals surface area contributed by atoms with E-state index in [1.807, 2.05) is 0 Å². The topological polar surface area (TPSA) is 111 Å². The number of fused-ring (bicyclic) bond motifs is 3. The molecule has 6 nitrogen and oxygen atoms in total. The lowest BCUT2D eigenvalue weighted by Gasteiger charge is -2.18. The van der Waals surface area contributed by atoms with Crippen LogP contribution in [-0.4, -0.2) is 16.8 Å². The van der Waals surface area contributed by atoms with Crippen molar-refractivity contribution in [1.82, 2.24) is 4.98 Å². The molecule has 156 valence electrons. The van der Waals surface area contributed by atoms with Crippen LogP contribution in [-0.2, 0) is 25.7 Å². The number of nitrogens with zero attached hydrogens (tertiary/aromatic N) is 1. The van der Waals surface area contributed by atoms with Gasteiger partial charge in [0, 0.05) is 16.0 Å². The minimum absolute atomic E-state index is 0.303. The first-order chi connectivity index (χ1) is 14.4. The van der Waals surface area contributed by atoms with Gasteiger partial charge in [-0.15, -0.1) is 22.7 Å². The highest BCUT2D eigenvalue weighted by atomic mass is 32.1. The van der Waals surface area contributed by atoms with Gasteiger partial charge in [-0.2, -0.15) is 0 Å². The molecule has 5 rings (SSSR count). The summed E-state index contributed by atoms with van der Waals surface area (Å²) in [5, 5.41) is 4.32. The SMILES string of the molecule is CC1CCc2c(sc(NC(=O)c3sc4nc5c(cc4c3N)CCCC5)c2C(N)=O)C1. The molecule has 2 amide bonds. The van der Waals surface area contributed by atoms with Gasteiger partial charge in [0.25, 0.3) is 11.8 Å². The quantitative estimate of drug-likeness (QED) is 0.564. The molecule has 0 fully saturated rings. The smallest absolute Gasteiger partial charge is 0.268 e. The Hall–Kier alpha value is -2.45. The Morgan fingerprint density at radius 3 is 2.80 bits per heavy atom. The summed E-state index contributed by atoms with van der Waals surface area (Å²) in [6.45, 7) is 2.20. The number of nitrogen functional groups attached to an aromatic ring is 1. The van der Waals surface area contributed by atoms with E-state index < -0.39 is 5.91 Å². The predicted molar refractivity (Wildman–Crippen MR) is 123 cm³/mol. The fourth-order valence-corrected chi connectivity index (χ4v) is 6.99. The van der Waals surface area contributed by atoms with Crippen LogP contribution < -0.4 is 16.8 Å². The number of hydrogen-bond acceptors (Lipinski definition) is 6. The van der Waals surface area contributed by atoms with Crippen LogP contribution in [0.5, 0.6) is 0 Å². The van der Waals surface area contributed by atoms with Gasteiger partial charge in [0.05, 0.1) is 11.3 Å². The molecule has 1 atom stereocenters. The fourth-order valence-electron chi connectivity index (χ4n) is 4.59. The van der Waals surface area contributed by atoms with Crippen LogP contribution in [0.2, 0.25) is 0 Å². The number of amides is 2. The van der Waals surface area contributed by atoms with Crippen molar-refractivity contribution in [2.75, 3.05) is 11.1 Å². The molecule has 8 heteroatoms. The largest absolute Gasteiger partial charge is 0.397 e. The Kier molecular flexibility index (Phi) is 4.78. The van der Waals surface area contributed by atoms with Crippen molar-refractivity contribution >= 4 is 55.4 Å². The first-order valence-corrected chi connectivity index (χ1v) is 12.0. The van der Waals surface area contributed by atoms with E-state index in [9.17, 15) is 9.59 Å². The number of carbonyl (C=O) groups is 2. The number of hydrogen-bond donors (Lipinski definition) is 3. The lowest BCUT2D eigenvalue weighted by atomic mass is 9.88. The second kappa shape index (κ2) is 7.35. The summed E-state index contributed by atoms with van der Waals surface area (Å²) < 4.78 is 0. The summed E-state index contributed by atoms with van der Waals surface area (Å²) in [7, 11) is 0. The van der Waals surface area contributed by atoms with E-state index in [-0.39, 0.29) is 5.91 Å². The van der Waals surface area contributed by atoms with Crippen molar-refractivity contribution in [3.63, 3.8) is 0 Å². The Morgan fingerprint density at radius 2 is 2.00 bits per heavy atom. The number of pyridine rings is 1. The molecule has 0 bridgehead atoms. The molecule has 0 aromatic carbocycles. The summed E-state index contributed by atoms with van der Waals surface area (Å²) in [5.41, 5.74) is 16.3. The third-order valence-electron chi connectivity index (χ3n) is 6.19. The number of primary amides is 1. The standard InChI is InChI=1S/C22H24N4O2S2/c1-10-6-7-12-15(8-10)29-22(16(12)19(24)27)26-20(28)18-17(23)13-9-11-4-2-3-5-14(11)25-21(13)30-18/h9-10H,2-8,23H2,1H3,(H2,24,27)(H,26,28). The molecule has 2 aliphatic rings. The van der Waals surface area contributed by atoms with E-state index in [0.29, 0.717) is 27.0 Å². The minimum Gasteiger partial charge on any atom is -0.397 e. The van der Waals surface area contributed by atoms with Crippen LogP contribution >= 0.6 is 22.7 Å². The van der Waals surface area contributed by atoms with Gasteiger partial charge in [0.15, 0.2) is 0 Å². The maximum atomic E-state index is 13.1. The maximum Gasteiger partial charge on any atom is 0.268 e.